The molecule has 0 bridgehead atoms. The molecule has 3 aromatic rings. The Morgan fingerprint density at radius 2 is 1.59 bits per heavy atom. The van der Waals surface area contributed by atoms with Crippen molar-refractivity contribution in [1.29, 1.82) is 0 Å². The van der Waals surface area contributed by atoms with Crippen molar-refractivity contribution in [2.24, 2.45) is 0 Å². The summed E-state index contributed by atoms with van der Waals surface area (Å²) in [5.74, 6) is 0. The fourth-order valence-corrected chi connectivity index (χ4v) is 4.00. The smallest absolute Gasteiger partial charge is 0.0287 e. The average Bonchev–Trinajstić information content (AvgIpc) is 2.54. The minimum Gasteiger partial charge on any atom is -0.0613 e. The van der Waals surface area contributed by atoms with E-state index in [1.54, 1.807) is 0 Å². The molecule has 0 radical (unpaired) electrons. The Morgan fingerprint density at radius 1 is 0.818 bits per heavy atom. The van der Waals surface area contributed by atoms with E-state index in [9.17, 15) is 0 Å². The maximum Gasteiger partial charge on any atom is 0.0287 e. The van der Waals surface area contributed by atoms with Gasteiger partial charge in [-0.2, -0.15) is 0 Å². The van der Waals surface area contributed by atoms with Gasteiger partial charge in [-0.3, -0.25) is 0 Å². The van der Waals surface area contributed by atoms with Crippen LogP contribution in [0.25, 0.3) is 21.9 Å². The Labute approximate surface area is 146 Å². The topological polar surface area (TPSA) is 0 Å². The first-order chi connectivity index (χ1) is 10.6. The van der Waals surface area contributed by atoms with E-state index in [2.05, 4.69) is 91.9 Å². The molecule has 0 aliphatic carbocycles. The lowest BCUT2D eigenvalue weighted by Crippen LogP contribution is -1.93. The first kappa shape index (κ1) is 15.5. The zero-order valence-corrected chi connectivity index (χ0v) is 15.6. The van der Waals surface area contributed by atoms with E-state index in [1.165, 1.54) is 42.2 Å². The van der Waals surface area contributed by atoms with Crippen LogP contribution in [-0.2, 0) is 12.8 Å². The summed E-state index contributed by atoms with van der Waals surface area (Å²) in [4.78, 5) is 0. The molecule has 3 aromatic carbocycles. The molecule has 3 rings (SSSR count). The van der Waals surface area contributed by atoms with Crippen LogP contribution >= 0.6 is 22.6 Å². The Bertz CT molecular complexity index is 831. The molecule has 0 fully saturated rings. The van der Waals surface area contributed by atoms with Gasteiger partial charge in [-0.25, -0.2) is 0 Å². The minimum absolute atomic E-state index is 1.07. The molecule has 0 nitrogen and oxygen atoms in total. The van der Waals surface area contributed by atoms with Gasteiger partial charge in [0.25, 0.3) is 0 Å². The van der Waals surface area contributed by atoms with E-state index in [0.29, 0.717) is 0 Å². The van der Waals surface area contributed by atoms with Gasteiger partial charge in [-0.05, 0) is 75.4 Å². The second-order valence-electron chi connectivity index (χ2n) is 5.85. The van der Waals surface area contributed by atoms with Crippen LogP contribution in [-0.4, -0.2) is 0 Å². The molecule has 0 heterocycles. The summed E-state index contributed by atoms with van der Waals surface area (Å²) in [7, 11) is 0. The number of hydrogen-bond donors (Lipinski definition) is 0. The lowest BCUT2D eigenvalue weighted by molar-refractivity contribution is 1.09. The fraction of sp³-hybridized carbons (Fsp3) is 0.238. The maximum atomic E-state index is 2.50. The third-order valence-corrected chi connectivity index (χ3v) is 5.52. The van der Waals surface area contributed by atoms with E-state index in [1.807, 2.05) is 0 Å². The van der Waals surface area contributed by atoms with Crippen molar-refractivity contribution in [3.8, 4) is 11.1 Å². The average molecular weight is 400 g/mol. The number of halogens is 1. The van der Waals surface area contributed by atoms with Gasteiger partial charge in [-0.1, -0.05) is 67.9 Å². The number of rotatable bonds is 3. The summed E-state index contributed by atoms with van der Waals surface area (Å²) in [6.45, 7) is 6.62. The van der Waals surface area contributed by atoms with Crippen LogP contribution in [0.3, 0.4) is 0 Å². The molecular weight excluding hydrogens is 379 g/mol. The molecule has 0 aliphatic heterocycles. The van der Waals surface area contributed by atoms with Crippen molar-refractivity contribution in [1.82, 2.24) is 0 Å². The highest BCUT2D eigenvalue weighted by atomic mass is 127. The van der Waals surface area contributed by atoms with Gasteiger partial charge >= 0.3 is 0 Å². The first-order valence-electron chi connectivity index (χ1n) is 7.95. The molecule has 112 valence electrons. The van der Waals surface area contributed by atoms with E-state index < -0.39 is 0 Å². The molecule has 0 aliphatic rings. The standard InChI is InChI=1S/C21H21I/c1-4-15-7-10-18(16(5-2)13-15)20-11-8-17-12-14(3)6-9-19(17)21(20)22/h6-13H,4-5H2,1-3H3. The van der Waals surface area contributed by atoms with Gasteiger partial charge in [0.05, 0.1) is 0 Å². The van der Waals surface area contributed by atoms with E-state index in [0.717, 1.165) is 12.8 Å². The summed E-state index contributed by atoms with van der Waals surface area (Å²) >= 11 is 2.50. The van der Waals surface area contributed by atoms with Gasteiger partial charge < -0.3 is 0 Å². The van der Waals surface area contributed by atoms with Crippen LogP contribution < -0.4 is 0 Å². The zero-order chi connectivity index (χ0) is 15.7. The summed E-state index contributed by atoms with van der Waals surface area (Å²) in [5, 5.41) is 2.68. The van der Waals surface area contributed by atoms with Crippen LogP contribution in [0, 0.1) is 10.5 Å². The monoisotopic (exact) mass is 400 g/mol. The van der Waals surface area contributed by atoms with E-state index >= 15 is 0 Å². The van der Waals surface area contributed by atoms with Crippen molar-refractivity contribution < 1.29 is 0 Å². The molecule has 0 unspecified atom stereocenters. The van der Waals surface area contributed by atoms with Gasteiger partial charge in [0.1, 0.15) is 0 Å². The highest BCUT2D eigenvalue weighted by molar-refractivity contribution is 14.1. The largest absolute Gasteiger partial charge is 0.0613 e. The summed E-state index contributed by atoms with van der Waals surface area (Å²) in [6, 6.07) is 18.2. The van der Waals surface area contributed by atoms with Crippen molar-refractivity contribution in [3.05, 3.63) is 68.8 Å². The lowest BCUT2D eigenvalue weighted by atomic mass is 9.93. The molecule has 0 atom stereocenters. The predicted octanol–water partition coefficient (Wildman–Crippen LogP) is 6.54. The van der Waals surface area contributed by atoms with Gasteiger partial charge in [-0.15, -0.1) is 0 Å². The predicted molar refractivity (Wildman–Crippen MR) is 106 cm³/mol. The van der Waals surface area contributed by atoms with Crippen LogP contribution in [0.15, 0.2) is 48.5 Å². The molecule has 22 heavy (non-hydrogen) atoms. The number of fused-ring (bicyclic) bond motifs is 1. The van der Waals surface area contributed by atoms with Crippen LogP contribution in [0.4, 0.5) is 0 Å². The SMILES string of the molecule is CCc1ccc(-c2ccc3cc(C)ccc3c2I)c(CC)c1. The quantitative estimate of drug-likeness (QED) is 0.438. The number of hydrogen-bond acceptors (Lipinski definition) is 0. The summed E-state index contributed by atoms with van der Waals surface area (Å²) < 4.78 is 1.36. The van der Waals surface area contributed by atoms with Gasteiger partial charge in [0.15, 0.2) is 0 Å². The maximum absolute atomic E-state index is 2.50. The first-order valence-corrected chi connectivity index (χ1v) is 9.03. The molecule has 0 N–H and O–H groups in total. The van der Waals surface area contributed by atoms with Crippen LogP contribution in [0.1, 0.15) is 30.5 Å². The molecule has 0 saturated heterocycles. The lowest BCUT2D eigenvalue weighted by Gasteiger charge is -2.14. The van der Waals surface area contributed by atoms with Gasteiger partial charge in [0.2, 0.25) is 0 Å². The Balaban J connectivity index is 2.22. The molecule has 0 spiro atoms. The molecular formula is C21H21I. The number of benzene rings is 3. The van der Waals surface area contributed by atoms with Crippen molar-refractivity contribution in [3.63, 3.8) is 0 Å². The Kier molecular flexibility index (Phi) is 4.53. The second kappa shape index (κ2) is 6.41. The zero-order valence-electron chi connectivity index (χ0n) is 13.4. The van der Waals surface area contributed by atoms with Crippen LogP contribution in [0.2, 0.25) is 0 Å². The van der Waals surface area contributed by atoms with Crippen LogP contribution in [0.5, 0.6) is 0 Å². The Morgan fingerprint density at radius 3 is 2.32 bits per heavy atom. The second-order valence-corrected chi connectivity index (χ2v) is 6.93. The van der Waals surface area contributed by atoms with E-state index in [4.69, 9.17) is 0 Å². The summed E-state index contributed by atoms with van der Waals surface area (Å²) in [6.07, 6.45) is 2.17. The van der Waals surface area contributed by atoms with Crippen molar-refractivity contribution in [2.45, 2.75) is 33.6 Å². The summed E-state index contributed by atoms with van der Waals surface area (Å²) in [5.41, 5.74) is 6.93. The normalized spacial score (nSPS) is 11.1. The van der Waals surface area contributed by atoms with Crippen molar-refractivity contribution in [2.75, 3.05) is 0 Å². The highest BCUT2D eigenvalue weighted by Gasteiger charge is 2.11. The molecule has 0 saturated carbocycles. The molecule has 1 heteroatoms. The molecule has 0 amide bonds. The Hall–Kier alpha value is -1.35. The third-order valence-electron chi connectivity index (χ3n) is 4.36. The van der Waals surface area contributed by atoms with E-state index in [-0.39, 0.29) is 0 Å². The fourth-order valence-electron chi connectivity index (χ4n) is 3.04. The number of aryl methyl sites for hydroxylation is 3. The van der Waals surface area contributed by atoms with Gasteiger partial charge in [0, 0.05) is 3.57 Å². The third kappa shape index (κ3) is 2.79. The highest BCUT2D eigenvalue weighted by Crippen LogP contribution is 2.34. The molecule has 0 aromatic heterocycles. The minimum atomic E-state index is 1.07. The van der Waals surface area contributed by atoms with Crippen molar-refractivity contribution >= 4 is 33.4 Å².